The predicted molar refractivity (Wildman–Crippen MR) is 52.5 cm³/mol. The van der Waals surface area contributed by atoms with E-state index in [9.17, 15) is 4.79 Å². The van der Waals surface area contributed by atoms with Crippen LogP contribution in [0.2, 0.25) is 0 Å². The third-order valence-electron chi connectivity index (χ3n) is 1.67. The number of hydrogen-bond donors (Lipinski definition) is 1. The maximum atomic E-state index is 11.2. The number of rotatable bonds is 1. The molecule has 0 fully saturated rings. The second-order valence-electron chi connectivity index (χ2n) is 2.44. The third-order valence-corrected chi connectivity index (χ3v) is 2.77. The van der Waals surface area contributed by atoms with Gasteiger partial charge in [0.05, 0.1) is 5.39 Å². The van der Waals surface area contributed by atoms with E-state index in [-0.39, 0.29) is 5.56 Å². The molecule has 0 bridgehead atoms. The van der Waals surface area contributed by atoms with Crippen molar-refractivity contribution < 1.29 is 0 Å². The summed E-state index contributed by atoms with van der Waals surface area (Å²) < 4.78 is 1.01. The SMILES string of the molecule is C=Cc1cc2c(=O)[nH]ccc2s1. The lowest BCUT2D eigenvalue weighted by atomic mass is 10.3. The molecule has 3 heteroatoms. The predicted octanol–water partition coefficient (Wildman–Crippen LogP) is 2.23. The van der Waals surface area contributed by atoms with Crippen LogP contribution in [-0.2, 0) is 0 Å². The molecule has 2 aromatic rings. The fourth-order valence-electron chi connectivity index (χ4n) is 1.10. The molecule has 1 N–H and O–H groups in total. The fourth-order valence-corrected chi connectivity index (χ4v) is 2.01. The minimum Gasteiger partial charge on any atom is -0.329 e. The summed E-state index contributed by atoms with van der Waals surface area (Å²) in [5.74, 6) is 0. The Hall–Kier alpha value is -1.35. The van der Waals surface area contributed by atoms with Crippen molar-refractivity contribution in [2.75, 3.05) is 0 Å². The van der Waals surface area contributed by atoms with Gasteiger partial charge in [-0.15, -0.1) is 11.3 Å². The monoisotopic (exact) mass is 177 g/mol. The quantitative estimate of drug-likeness (QED) is 0.711. The van der Waals surface area contributed by atoms with E-state index < -0.39 is 0 Å². The molecule has 0 aliphatic carbocycles. The normalized spacial score (nSPS) is 10.3. The molecule has 60 valence electrons. The van der Waals surface area contributed by atoms with Crippen LogP contribution >= 0.6 is 11.3 Å². The van der Waals surface area contributed by atoms with E-state index in [1.54, 1.807) is 23.6 Å². The second-order valence-corrected chi connectivity index (χ2v) is 3.55. The molecule has 0 aromatic carbocycles. The number of fused-ring (bicyclic) bond motifs is 1. The Labute approximate surface area is 73.2 Å². The standard InChI is InChI=1S/C9H7NOS/c1-2-6-5-7-8(12-6)3-4-10-9(7)11/h2-5H,1H2,(H,10,11). The molecule has 2 aromatic heterocycles. The summed E-state index contributed by atoms with van der Waals surface area (Å²) in [5.41, 5.74) is -0.0307. The lowest BCUT2D eigenvalue weighted by molar-refractivity contribution is 1.28. The first-order valence-corrected chi connectivity index (χ1v) is 4.36. The van der Waals surface area contributed by atoms with E-state index in [1.807, 2.05) is 12.1 Å². The van der Waals surface area contributed by atoms with Crippen molar-refractivity contribution in [1.29, 1.82) is 0 Å². The maximum Gasteiger partial charge on any atom is 0.256 e. The van der Waals surface area contributed by atoms with Gasteiger partial charge in [-0.25, -0.2) is 0 Å². The third kappa shape index (κ3) is 0.987. The molecular weight excluding hydrogens is 170 g/mol. The van der Waals surface area contributed by atoms with E-state index in [0.29, 0.717) is 0 Å². The summed E-state index contributed by atoms with van der Waals surface area (Å²) in [6.07, 6.45) is 3.41. The van der Waals surface area contributed by atoms with Crippen molar-refractivity contribution >= 4 is 27.5 Å². The van der Waals surface area contributed by atoms with Crippen LogP contribution in [0.1, 0.15) is 4.88 Å². The topological polar surface area (TPSA) is 32.9 Å². The maximum absolute atomic E-state index is 11.2. The van der Waals surface area contributed by atoms with E-state index in [1.165, 1.54) is 0 Å². The number of hydrogen-bond acceptors (Lipinski definition) is 2. The molecule has 2 heterocycles. The van der Waals surface area contributed by atoms with E-state index >= 15 is 0 Å². The van der Waals surface area contributed by atoms with Crippen LogP contribution in [-0.4, -0.2) is 4.98 Å². The minimum atomic E-state index is -0.0307. The summed E-state index contributed by atoms with van der Waals surface area (Å²) in [4.78, 5) is 14.9. The van der Waals surface area contributed by atoms with Gasteiger partial charge in [-0.05, 0) is 12.1 Å². The molecule has 12 heavy (non-hydrogen) atoms. The highest BCUT2D eigenvalue weighted by Gasteiger charge is 2.00. The minimum absolute atomic E-state index is 0.0307. The first-order valence-electron chi connectivity index (χ1n) is 3.55. The molecule has 2 nitrogen and oxygen atoms in total. The molecule has 0 amide bonds. The van der Waals surface area contributed by atoms with Gasteiger partial charge in [0.1, 0.15) is 0 Å². The summed E-state index contributed by atoms with van der Waals surface area (Å²) in [5, 5.41) is 0.748. The van der Waals surface area contributed by atoms with Gasteiger partial charge in [-0.2, -0.15) is 0 Å². The Bertz CT molecular complexity index is 480. The van der Waals surface area contributed by atoms with Gasteiger partial charge in [-0.1, -0.05) is 12.7 Å². The van der Waals surface area contributed by atoms with Gasteiger partial charge < -0.3 is 4.98 Å². The number of thiophene rings is 1. The fraction of sp³-hybridized carbons (Fsp3) is 0. The van der Waals surface area contributed by atoms with Crippen LogP contribution < -0.4 is 5.56 Å². The Kier molecular flexibility index (Phi) is 1.59. The Morgan fingerprint density at radius 2 is 2.42 bits per heavy atom. The molecule has 2 rings (SSSR count). The molecule has 0 unspecified atom stereocenters. The average molecular weight is 177 g/mol. The summed E-state index contributed by atoms with van der Waals surface area (Å²) in [6, 6.07) is 3.75. The van der Waals surface area contributed by atoms with Crippen molar-refractivity contribution in [3.8, 4) is 0 Å². The number of pyridine rings is 1. The van der Waals surface area contributed by atoms with Crippen molar-refractivity contribution in [2.24, 2.45) is 0 Å². The van der Waals surface area contributed by atoms with Gasteiger partial charge in [-0.3, -0.25) is 4.79 Å². The summed E-state index contributed by atoms with van der Waals surface area (Å²) in [6.45, 7) is 3.65. The van der Waals surface area contributed by atoms with Crippen LogP contribution in [0, 0.1) is 0 Å². The van der Waals surface area contributed by atoms with Crippen molar-refractivity contribution in [1.82, 2.24) is 4.98 Å². The Morgan fingerprint density at radius 1 is 1.58 bits per heavy atom. The molecule has 0 radical (unpaired) electrons. The lowest BCUT2D eigenvalue weighted by Gasteiger charge is -1.83. The molecule has 0 saturated heterocycles. The zero-order valence-electron chi connectivity index (χ0n) is 6.33. The van der Waals surface area contributed by atoms with Crippen molar-refractivity contribution in [3.63, 3.8) is 0 Å². The van der Waals surface area contributed by atoms with Crippen LogP contribution in [0.5, 0.6) is 0 Å². The highest BCUT2D eigenvalue weighted by atomic mass is 32.1. The molecule has 0 aliphatic rings. The molecule has 0 aliphatic heterocycles. The first-order chi connectivity index (χ1) is 5.81. The van der Waals surface area contributed by atoms with Crippen molar-refractivity contribution in [3.05, 3.63) is 40.1 Å². The van der Waals surface area contributed by atoms with Crippen LogP contribution in [0.3, 0.4) is 0 Å². The number of H-pyrrole nitrogens is 1. The molecule has 0 atom stereocenters. The summed E-state index contributed by atoms with van der Waals surface area (Å²) >= 11 is 1.57. The van der Waals surface area contributed by atoms with Gasteiger partial charge >= 0.3 is 0 Å². The number of aromatic amines is 1. The van der Waals surface area contributed by atoms with E-state index in [0.717, 1.165) is 15.0 Å². The second kappa shape index (κ2) is 2.60. The lowest BCUT2D eigenvalue weighted by Crippen LogP contribution is -2.01. The van der Waals surface area contributed by atoms with Gasteiger partial charge in [0.15, 0.2) is 0 Å². The first kappa shape index (κ1) is 7.31. The molecule has 0 spiro atoms. The number of aromatic nitrogens is 1. The largest absolute Gasteiger partial charge is 0.329 e. The summed E-state index contributed by atoms with van der Waals surface area (Å²) in [7, 11) is 0. The van der Waals surface area contributed by atoms with Crippen LogP contribution in [0.4, 0.5) is 0 Å². The highest BCUT2D eigenvalue weighted by molar-refractivity contribution is 7.19. The molecule has 0 saturated carbocycles. The number of nitrogens with one attached hydrogen (secondary N) is 1. The average Bonchev–Trinajstić information content (AvgIpc) is 2.49. The van der Waals surface area contributed by atoms with E-state index in [2.05, 4.69) is 11.6 Å². The van der Waals surface area contributed by atoms with E-state index in [4.69, 9.17) is 0 Å². The van der Waals surface area contributed by atoms with Gasteiger partial charge in [0.2, 0.25) is 0 Å². The highest BCUT2D eigenvalue weighted by Crippen LogP contribution is 2.22. The van der Waals surface area contributed by atoms with Crippen molar-refractivity contribution in [2.45, 2.75) is 0 Å². The smallest absolute Gasteiger partial charge is 0.256 e. The van der Waals surface area contributed by atoms with Crippen LogP contribution in [0.25, 0.3) is 16.2 Å². The Balaban J connectivity index is 2.92. The zero-order chi connectivity index (χ0) is 8.55. The van der Waals surface area contributed by atoms with Gasteiger partial charge in [0, 0.05) is 15.8 Å². The zero-order valence-corrected chi connectivity index (χ0v) is 7.15. The van der Waals surface area contributed by atoms with Crippen LogP contribution in [0.15, 0.2) is 29.7 Å². The molecular formula is C9H7NOS. The Morgan fingerprint density at radius 3 is 3.08 bits per heavy atom. The van der Waals surface area contributed by atoms with Gasteiger partial charge in [0.25, 0.3) is 5.56 Å².